The second-order valence-corrected chi connectivity index (χ2v) is 4.56. The average Bonchev–Trinajstić information content (AvgIpc) is 2.85. The number of aromatic nitrogens is 1. The standard InChI is InChI=1S/C14H14N2O5/c17-12(14(20)21)7-16-11(13(18)19)5-8-6-15-10-4-2-1-3-9(8)10/h1-4,6,11,15-16H,5,7H2,(H,18,19)(H,20,21)/t11-/m0/s1. The predicted molar refractivity (Wildman–Crippen MR) is 74.1 cm³/mol. The molecule has 0 aliphatic rings. The van der Waals surface area contributed by atoms with Crippen LogP contribution in [0.3, 0.4) is 0 Å². The van der Waals surface area contributed by atoms with E-state index < -0.39 is 30.3 Å². The van der Waals surface area contributed by atoms with Crippen molar-refractivity contribution in [3.8, 4) is 0 Å². The first-order valence-corrected chi connectivity index (χ1v) is 6.26. The van der Waals surface area contributed by atoms with Crippen molar-refractivity contribution in [3.63, 3.8) is 0 Å². The molecule has 0 unspecified atom stereocenters. The van der Waals surface area contributed by atoms with Gasteiger partial charge in [-0.2, -0.15) is 0 Å². The first-order valence-electron chi connectivity index (χ1n) is 6.26. The van der Waals surface area contributed by atoms with Gasteiger partial charge in [0.2, 0.25) is 0 Å². The molecular weight excluding hydrogens is 276 g/mol. The number of H-pyrrole nitrogens is 1. The minimum Gasteiger partial charge on any atom is -0.480 e. The van der Waals surface area contributed by atoms with Crippen molar-refractivity contribution in [2.45, 2.75) is 12.5 Å². The van der Waals surface area contributed by atoms with Crippen LogP contribution in [-0.2, 0) is 20.8 Å². The monoisotopic (exact) mass is 290 g/mol. The third-order valence-corrected chi connectivity index (χ3v) is 3.14. The highest BCUT2D eigenvalue weighted by Crippen LogP contribution is 2.19. The quantitative estimate of drug-likeness (QED) is 0.548. The number of nitrogens with one attached hydrogen (secondary N) is 2. The van der Waals surface area contributed by atoms with Gasteiger partial charge in [-0.15, -0.1) is 0 Å². The number of carboxylic acid groups (broad SMARTS) is 2. The summed E-state index contributed by atoms with van der Waals surface area (Å²) >= 11 is 0. The summed E-state index contributed by atoms with van der Waals surface area (Å²) in [6.07, 6.45) is 1.85. The van der Waals surface area contributed by atoms with E-state index in [0.29, 0.717) is 0 Å². The van der Waals surface area contributed by atoms with Crippen molar-refractivity contribution in [2.75, 3.05) is 6.54 Å². The molecule has 0 aliphatic carbocycles. The zero-order valence-electron chi connectivity index (χ0n) is 11.0. The Balaban J connectivity index is 2.11. The third kappa shape index (κ3) is 3.46. The molecule has 1 aromatic carbocycles. The van der Waals surface area contributed by atoms with Gasteiger partial charge >= 0.3 is 11.9 Å². The van der Waals surface area contributed by atoms with E-state index in [9.17, 15) is 14.4 Å². The predicted octanol–water partition coefficient (Wildman–Crippen LogP) is 0.407. The molecule has 21 heavy (non-hydrogen) atoms. The maximum absolute atomic E-state index is 11.2. The number of hydrogen-bond acceptors (Lipinski definition) is 4. The number of carbonyl (C=O) groups excluding carboxylic acids is 1. The Morgan fingerprint density at radius 1 is 1.19 bits per heavy atom. The molecule has 110 valence electrons. The van der Waals surface area contributed by atoms with Gasteiger partial charge in [0.05, 0.1) is 6.54 Å². The molecule has 0 amide bonds. The van der Waals surface area contributed by atoms with Crippen molar-refractivity contribution in [1.82, 2.24) is 10.3 Å². The Kier molecular flexibility index (Phi) is 4.34. The van der Waals surface area contributed by atoms with Gasteiger partial charge in [-0.25, -0.2) is 4.79 Å². The van der Waals surface area contributed by atoms with Crippen molar-refractivity contribution in [1.29, 1.82) is 0 Å². The van der Waals surface area contributed by atoms with E-state index in [2.05, 4.69) is 10.3 Å². The maximum Gasteiger partial charge on any atom is 0.373 e. The van der Waals surface area contributed by atoms with Crippen molar-refractivity contribution >= 4 is 28.6 Å². The Hall–Kier alpha value is -2.67. The molecule has 0 spiro atoms. The number of hydrogen-bond donors (Lipinski definition) is 4. The third-order valence-electron chi connectivity index (χ3n) is 3.14. The second kappa shape index (κ2) is 6.19. The lowest BCUT2D eigenvalue weighted by atomic mass is 10.0. The summed E-state index contributed by atoms with van der Waals surface area (Å²) in [5.41, 5.74) is 1.67. The lowest BCUT2D eigenvalue weighted by molar-refractivity contribution is -0.149. The van der Waals surface area contributed by atoms with Crippen LogP contribution in [0.15, 0.2) is 30.5 Å². The summed E-state index contributed by atoms with van der Waals surface area (Å²) in [5, 5.41) is 21.0. The summed E-state index contributed by atoms with van der Waals surface area (Å²) in [6, 6.07) is 6.41. The van der Waals surface area contributed by atoms with E-state index in [0.717, 1.165) is 16.5 Å². The van der Waals surface area contributed by atoms with Crippen LogP contribution in [0.1, 0.15) is 5.56 Å². The molecule has 0 bridgehead atoms. The molecule has 4 N–H and O–H groups in total. The van der Waals surface area contributed by atoms with Crippen molar-refractivity contribution < 1.29 is 24.6 Å². The molecule has 0 saturated heterocycles. The number of fused-ring (bicyclic) bond motifs is 1. The lowest BCUT2D eigenvalue weighted by Crippen LogP contribution is -2.42. The van der Waals surface area contributed by atoms with Crippen molar-refractivity contribution in [3.05, 3.63) is 36.0 Å². The fraction of sp³-hybridized carbons (Fsp3) is 0.214. The fourth-order valence-electron chi connectivity index (χ4n) is 2.06. The van der Waals surface area contributed by atoms with Gasteiger partial charge in [-0.05, 0) is 11.6 Å². The maximum atomic E-state index is 11.2. The van der Waals surface area contributed by atoms with Crippen LogP contribution in [0.2, 0.25) is 0 Å². The van der Waals surface area contributed by atoms with E-state index in [4.69, 9.17) is 10.2 Å². The second-order valence-electron chi connectivity index (χ2n) is 4.56. The topological polar surface area (TPSA) is 119 Å². The van der Waals surface area contributed by atoms with Gasteiger partial charge in [-0.3, -0.25) is 14.9 Å². The highest BCUT2D eigenvalue weighted by molar-refractivity contribution is 6.33. The molecule has 0 radical (unpaired) electrons. The van der Waals surface area contributed by atoms with E-state index in [1.54, 1.807) is 6.20 Å². The average molecular weight is 290 g/mol. The summed E-state index contributed by atoms with van der Waals surface area (Å²) < 4.78 is 0. The minimum absolute atomic E-state index is 0.145. The number of aromatic amines is 1. The van der Waals surface area contributed by atoms with Gasteiger partial charge in [0.15, 0.2) is 0 Å². The number of carbonyl (C=O) groups is 3. The molecule has 2 aromatic rings. The fourth-order valence-corrected chi connectivity index (χ4v) is 2.06. The van der Waals surface area contributed by atoms with Gasteiger partial charge in [-0.1, -0.05) is 18.2 Å². The lowest BCUT2D eigenvalue weighted by Gasteiger charge is -2.12. The SMILES string of the molecule is O=C(O)C(=O)CN[C@@H](Cc1c[nH]c2ccccc12)C(=O)O. The molecule has 0 saturated carbocycles. The Bertz CT molecular complexity index is 691. The number of carboxylic acids is 2. The zero-order valence-corrected chi connectivity index (χ0v) is 11.0. The summed E-state index contributed by atoms with van der Waals surface area (Å²) in [5.74, 6) is -3.79. The van der Waals surface area contributed by atoms with E-state index in [1.807, 2.05) is 24.3 Å². The highest BCUT2D eigenvalue weighted by atomic mass is 16.4. The molecular formula is C14H14N2O5. The molecule has 2 rings (SSSR count). The minimum atomic E-state index is -1.58. The van der Waals surface area contributed by atoms with Crippen LogP contribution in [0, 0.1) is 0 Å². The first kappa shape index (κ1) is 14.7. The number of Topliss-reactive ketones (excluding diaryl/α,β-unsaturated/α-hetero) is 1. The molecule has 0 fully saturated rings. The summed E-state index contributed by atoms with van der Waals surface area (Å²) in [6.45, 7) is -0.519. The summed E-state index contributed by atoms with van der Waals surface area (Å²) in [4.78, 5) is 35.7. The number of para-hydroxylation sites is 1. The molecule has 7 nitrogen and oxygen atoms in total. The molecule has 0 aliphatic heterocycles. The van der Waals surface area contributed by atoms with Crippen LogP contribution >= 0.6 is 0 Å². The molecule has 1 atom stereocenters. The number of ketones is 1. The van der Waals surface area contributed by atoms with Gasteiger partial charge in [0.25, 0.3) is 5.78 Å². The van der Waals surface area contributed by atoms with E-state index >= 15 is 0 Å². The van der Waals surface area contributed by atoms with Gasteiger partial charge in [0, 0.05) is 23.5 Å². The van der Waals surface area contributed by atoms with Crippen LogP contribution in [0.5, 0.6) is 0 Å². The molecule has 1 heterocycles. The molecule has 1 aromatic heterocycles. The summed E-state index contributed by atoms with van der Waals surface area (Å²) in [7, 11) is 0. The van der Waals surface area contributed by atoms with E-state index in [-0.39, 0.29) is 6.42 Å². The van der Waals surface area contributed by atoms with E-state index in [1.165, 1.54) is 0 Å². The number of rotatable bonds is 7. The Morgan fingerprint density at radius 2 is 1.90 bits per heavy atom. The highest BCUT2D eigenvalue weighted by Gasteiger charge is 2.21. The normalized spacial score (nSPS) is 12.2. The Labute approximate surface area is 119 Å². The van der Waals surface area contributed by atoms with Crippen LogP contribution in [0.25, 0.3) is 10.9 Å². The largest absolute Gasteiger partial charge is 0.480 e. The molecule has 7 heteroatoms. The van der Waals surface area contributed by atoms with Crippen molar-refractivity contribution in [2.24, 2.45) is 0 Å². The van der Waals surface area contributed by atoms with Crippen LogP contribution in [-0.4, -0.2) is 45.5 Å². The number of aliphatic carboxylic acids is 2. The smallest absolute Gasteiger partial charge is 0.373 e. The number of benzene rings is 1. The zero-order chi connectivity index (χ0) is 15.4. The van der Waals surface area contributed by atoms with Crippen LogP contribution in [0.4, 0.5) is 0 Å². The van der Waals surface area contributed by atoms with Gasteiger partial charge < -0.3 is 15.2 Å². The Morgan fingerprint density at radius 3 is 2.57 bits per heavy atom. The first-order chi connectivity index (χ1) is 9.99. The van der Waals surface area contributed by atoms with Crippen LogP contribution < -0.4 is 5.32 Å². The van der Waals surface area contributed by atoms with Gasteiger partial charge in [0.1, 0.15) is 6.04 Å².